The molecule has 2 heterocycles. The van der Waals surface area contributed by atoms with E-state index in [1.165, 1.54) is 0 Å². The van der Waals surface area contributed by atoms with E-state index < -0.39 is 0 Å². The van der Waals surface area contributed by atoms with Crippen molar-refractivity contribution < 1.29 is 9.15 Å². The fraction of sp³-hybridized carbons (Fsp3) is 0.176. The monoisotopic (exact) mass is 327 g/mol. The smallest absolute Gasteiger partial charge is 0.192 e. The van der Waals surface area contributed by atoms with Crippen LogP contribution >= 0.6 is 11.8 Å². The number of ether oxygens (including phenoxy) is 1. The minimum Gasteiger partial charge on any atom is -0.497 e. The maximum Gasteiger partial charge on any atom is 0.192 e. The third-order valence-electron chi connectivity index (χ3n) is 3.29. The Morgan fingerprint density at radius 2 is 2.09 bits per heavy atom. The first-order valence-corrected chi connectivity index (χ1v) is 8.14. The minimum absolute atomic E-state index is 0.584. The van der Waals surface area contributed by atoms with Crippen LogP contribution in [0.5, 0.6) is 5.75 Å². The van der Waals surface area contributed by atoms with Gasteiger partial charge in [-0.05, 0) is 36.4 Å². The van der Waals surface area contributed by atoms with Gasteiger partial charge in [-0.2, -0.15) is 0 Å². The predicted octanol–water partition coefficient (Wildman–Crippen LogP) is 3.87. The molecule has 0 fully saturated rings. The summed E-state index contributed by atoms with van der Waals surface area (Å²) in [4.78, 5) is 0. The van der Waals surface area contributed by atoms with E-state index in [1.54, 1.807) is 25.1 Å². The number of furan rings is 1. The molecule has 0 atom stereocenters. The molecular weight excluding hydrogens is 310 g/mol. The third kappa shape index (κ3) is 3.48. The Kier molecular flexibility index (Phi) is 4.83. The van der Waals surface area contributed by atoms with Crippen molar-refractivity contribution in [1.29, 1.82) is 0 Å². The Hall–Kier alpha value is -2.47. The number of rotatable bonds is 7. The molecule has 0 spiro atoms. The molecule has 3 aromatic rings. The van der Waals surface area contributed by atoms with Crippen molar-refractivity contribution >= 4 is 11.8 Å². The molecule has 0 aliphatic rings. The van der Waals surface area contributed by atoms with E-state index in [0.717, 1.165) is 33.8 Å². The first-order valence-electron chi connectivity index (χ1n) is 7.15. The Bertz CT molecular complexity index is 764. The molecule has 118 valence electrons. The minimum atomic E-state index is 0.584. The predicted molar refractivity (Wildman–Crippen MR) is 90.7 cm³/mol. The van der Waals surface area contributed by atoms with Gasteiger partial charge >= 0.3 is 0 Å². The van der Waals surface area contributed by atoms with Crippen molar-refractivity contribution in [2.45, 2.75) is 11.7 Å². The summed E-state index contributed by atoms with van der Waals surface area (Å²) in [6, 6.07) is 11.6. The van der Waals surface area contributed by atoms with Crippen molar-refractivity contribution in [2.24, 2.45) is 0 Å². The lowest BCUT2D eigenvalue weighted by atomic mass is 10.2. The van der Waals surface area contributed by atoms with E-state index in [2.05, 4.69) is 21.3 Å². The highest BCUT2D eigenvalue weighted by Gasteiger charge is 2.15. The summed E-state index contributed by atoms with van der Waals surface area (Å²) in [7, 11) is 1.65. The van der Waals surface area contributed by atoms with E-state index in [1.807, 2.05) is 42.5 Å². The average molecular weight is 327 g/mol. The second kappa shape index (κ2) is 7.19. The lowest BCUT2D eigenvalue weighted by molar-refractivity contribution is 0.415. The van der Waals surface area contributed by atoms with Crippen molar-refractivity contribution in [3.8, 4) is 17.1 Å². The van der Waals surface area contributed by atoms with Gasteiger partial charge in [0.05, 0.1) is 19.9 Å². The molecule has 23 heavy (non-hydrogen) atoms. The van der Waals surface area contributed by atoms with Crippen LogP contribution in [0.1, 0.15) is 5.76 Å². The number of methoxy groups -OCH3 is 1. The fourth-order valence-electron chi connectivity index (χ4n) is 2.18. The molecule has 0 unspecified atom stereocenters. The van der Waals surface area contributed by atoms with E-state index in [9.17, 15) is 0 Å². The van der Waals surface area contributed by atoms with Gasteiger partial charge in [-0.25, -0.2) is 0 Å². The number of hydrogen-bond acceptors (Lipinski definition) is 5. The van der Waals surface area contributed by atoms with Gasteiger partial charge in [-0.3, -0.25) is 4.57 Å². The molecule has 6 heteroatoms. The van der Waals surface area contributed by atoms with Crippen molar-refractivity contribution in [3.63, 3.8) is 0 Å². The average Bonchev–Trinajstić information content (AvgIpc) is 3.24. The van der Waals surface area contributed by atoms with Crippen molar-refractivity contribution in [2.75, 3.05) is 12.9 Å². The number of benzene rings is 1. The molecule has 0 amide bonds. The van der Waals surface area contributed by atoms with Crippen LogP contribution in [0.4, 0.5) is 0 Å². The zero-order chi connectivity index (χ0) is 16.1. The maximum atomic E-state index is 5.47. The second-order valence-corrected chi connectivity index (χ2v) is 5.79. The van der Waals surface area contributed by atoms with Crippen LogP contribution < -0.4 is 4.74 Å². The summed E-state index contributed by atoms with van der Waals surface area (Å²) in [5.74, 6) is 3.25. The second-order valence-electron chi connectivity index (χ2n) is 4.80. The molecule has 2 aromatic heterocycles. The lowest BCUT2D eigenvalue weighted by Crippen LogP contribution is -2.03. The molecule has 1 aromatic carbocycles. The Balaban J connectivity index is 1.97. The highest BCUT2D eigenvalue weighted by Crippen LogP contribution is 2.26. The van der Waals surface area contributed by atoms with Crippen LogP contribution in [0.3, 0.4) is 0 Å². The Labute approximate surface area is 139 Å². The van der Waals surface area contributed by atoms with Gasteiger partial charge in [-0.15, -0.1) is 16.8 Å². The highest BCUT2D eigenvalue weighted by atomic mass is 32.2. The molecule has 5 nitrogen and oxygen atoms in total. The molecule has 3 rings (SSSR count). The lowest BCUT2D eigenvalue weighted by Gasteiger charge is -2.08. The van der Waals surface area contributed by atoms with Gasteiger partial charge in [0.2, 0.25) is 0 Å². The molecule has 0 N–H and O–H groups in total. The Morgan fingerprint density at radius 1 is 1.26 bits per heavy atom. The van der Waals surface area contributed by atoms with E-state index in [-0.39, 0.29) is 0 Å². The van der Waals surface area contributed by atoms with Crippen LogP contribution in [-0.4, -0.2) is 27.6 Å². The summed E-state index contributed by atoms with van der Waals surface area (Å²) >= 11 is 1.60. The fourth-order valence-corrected chi connectivity index (χ4v) is 2.86. The molecule has 0 saturated carbocycles. The molecule has 0 saturated heterocycles. The summed E-state index contributed by atoms with van der Waals surface area (Å²) < 4.78 is 12.7. The van der Waals surface area contributed by atoms with E-state index >= 15 is 0 Å². The first-order chi connectivity index (χ1) is 11.3. The van der Waals surface area contributed by atoms with Gasteiger partial charge in [0.25, 0.3) is 0 Å². The summed E-state index contributed by atoms with van der Waals surface area (Å²) in [5, 5.41) is 9.50. The van der Waals surface area contributed by atoms with Crippen LogP contribution in [0.25, 0.3) is 11.4 Å². The van der Waals surface area contributed by atoms with E-state index in [4.69, 9.17) is 9.15 Å². The maximum absolute atomic E-state index is 5.47. The topological polar surface area (TPSA) is 53.1 Å². The quantitative estimate of drug-likeness (QED) is 0.487. The summed E-state index contributed by atoms with van der Waals surface area (Å²) in [5.41, 5.74) is 0.982. The number of hydrogen-bond donors (Lipinski definition) is 0. The summed E-state index contributed by atoms with van der Waals surface area (Å²) in [6.45, 7) is 4.34. The molecule has 0 aliphatic heterocycles. The van der Waals surface area contributed by atoms with Crippen molar-refractivity contribution in [1.82, 2.24) is 14.8 Å². The van der Waals surface area contributed by atoms with Gasteiger partial charge in [0, 0.05) is 11.3 Å². The molecular formula is C17H17N3O2S. The van der Waals surface area contributed by atoms with Gasteiger partial charge < -0.3 is 9.15 Å². The van der Waals surface area contributed by atoms with E-state index in [0.29, 0.717) is 6.54 Å². The van der Waals surface area contributed by atoms with Crippen LogP contribution in [0.2, 0.25) is 0 Å². The number of thioether (sulfide) groups is 1. The molecule has 0 radical (unpaired) electrons. The number of aromatic nitrogens is 3. The molecule has 0 aliphatic carbocycles. The standard InChI is InChI=1S/C17H17N3O2S/c1-3-11-23-17-19-18-16(13-6-8-14(21-2)9-7-13)20(17)12-15-5-4-10-22-15/h3-10H,1,11-12H2,2H3. The first kappa shape index (κ1) is 15.4. The van der Waals surface area contributed by atoms with Crippen molar-refractivity contribution in [3.05, 3.63) is 61.1 Å². The third-order valence-corrected chi connectivity index (χ3v) is 4.25. The van der Waals surface area contributed by atoms with Gasteiger partial charge in [-0.1, -0.05) is 17.8 Å². The van der Waals surface area contributed by atoms with Gasteiger partial charge in [0.15, 0.2) is 11.0 Å². The van der Waals surface area contributed by atoms with Crippen LogP contribution in [0, 0.1) is 0 Å². The zero-order valence-corrected chi connectivity index (χ0v) is 13.6. The Morgan fingerprint density at radius 3 is 2.74 bits per heavy atom. The highest BCUT2D eigenvalue weighted by molar-refractivity contribution is 7.99. The zero-order valence-electron chi connectivity index (χ0n) is 12.8. The largest absolute Gasteiger partial charge is 0.497 e. The summed E-state index contributed by atoms with van der Waals surface area (Å²) in [6.07, 6.45) is 3.52. The number of nitrogens with zero attached hydrogens (tertiary/aromatic N) is 3. The van der Waals surface area contributed by atoms with Gasteiger partial charge in [0.1, 0.15) is 11.5 Å². The van der Waals surface area contributed by atoms with Crippen LogP contribution in [-0.2, 0) is 6.54 Å². The SMILES string of the molecule is C=CCSc1nnc(-c2ccc(OC)cc2)n1Cc1ccco1. The molecule has 0 bridgehead atoms. The van der Waals surface area contributed by atoms with Crippen LogP contribution in [0.15, 0.2) is 64.9 Å². The normalized spacial score (nSPS) is 10.7.